The SMILES string of the molecule is CC(=O)c1cc(Cl)c2c(c1)NC(=O)CO2. The molecule has 1 aliphatic heterocycles. The van der Waals surface area contributed by atoms with Gasteiger partial charge in [-0.05, 0) is 19.1 Å². The predicted octanol–water partition coefficient (Wildman–Crippen LogP) is 1.87. The van der Waals surface area contributed by atoms with E-state index in [0.29, 0.717) is 22.0 Å². The number of ketones is 1. The molecule has 5 heteroatoms. The van der Waals surface area contributed by atoms with E-state index < -0.39 is 0 Å². The van der Waals surface area contributed by atoms with Gasteiger partial charge in [0.05, 0.1) is 10.7 Å². The average Bonchev–Trinajstić information content (AvgIpc) is 2.16. The van der Waals surface area contributed by atoms with Crippen LogP contribution in [0.25, 0.3) is 0 Å². The fourth-order valence-electron chi connectivity index (χ4n) is 1.36. The number of carbonyl (C=O) groups excluding carboxylic acids is 2. The topological polar surface area (TPSA) is 55.4 Å². The molecule has 4 nitrogen and oxygen atoms in total. The van der Waals surface area contributed by atoms with E-state index in [9.17, 15) is 9.59 Å². The largest absolute Gasteiger partial charge is 0.480 e. The number of anilines is 1. The van der Waals surface area contributed by atoms with Crippen LogP contribution in [0.1, 0.15) is 17.3 Å². The van der Waals surface area contributed by atoms with Crippen LogP contribution < -0.4 is 10.1 Å². The lowest BCUT2D eigenvalue weighted by Crippen LogP contribution is -2.25. The summed E-state index contributed by atoms with van der Waals surface area (Å²) < 4.78 is 5.15. The summed E-state index contributed by atoms with van der Waals surface area (Å²) in [7, 11) is 0. The van der Waals surface area contributed by atoms with Crippen LogP contribution in [0.15, 0.2) is 12.1 Å². The van der Waals surface area contributed by atoms with Crippen LogP contribution in [0.5, 0.6) is 5.75 Å². The van der Waals surface area contributed by atoms with Crippen molar-refractivity contribution in [1.29, 1.82) is 0 Å². The van der Waals surface area contributed by atoms with Crippen molar-refractivity contribution >= 4 is 29.0 Å². The Kier molecular flexibility index (Phi) is 2.36. The molecule has 0 radical (unpaired) electrons. The second kappa shape index (κ2) is 3.55. The van der Waals surface area contributed by atoms with Gasteiger partial charge in [0.2, 0.25) is 0 Å². The molecule has 1 N–H and O–H groups in total. The van der Waals surface area contributed by atoms with Gasteiger partial charge in [0, 0.05) is 5.56 Å². The smallest absolute Gasteiger partial charge is 0.262 e. The van der Waals surface area contributed by atoms with E-state index in [1.165, 1.54) is 13.0 Å². The second-order valence-corrected chi connectivity index (χ2v) is 3.63. The summed E-state index contributed by atoms with van der Waals surface area (Å²) >= 11 is 5.91. The lowest BCUT2D eigenvalue weighted by Gasteiger charge is -2.19. The van der Waals surface area contributed by atoms with Crippen molar-refractivity contribution in [3.8, 4) is 5.75 Å². The van der Waals surface area contributed by atoms with Gasteiger partial charge in [-0.25, -0.2) is 0 Å². The van der Waals surface area contributed by atoms with E-state index in [1.807, 2.05) is 0 Å². The molecule has 1 aromatic carbocycles. The molecule has 1 heterocycles. The van der Waals surface area contributed by atoms with Crippen molar-refractivity contribution in [1.82, 2.24) is 0 Å². The maximum absolute atomic E-state index is 11.2. The van der Waals surface area contributed by atoms with Gasteiger partial charge in [-0.3, -0.25) is 9.59 Å². The van der Waals surface area contributed by atoms with Gasteiger partial charge < -0.3 is 10.1 Å². The number of rotatable bonds is 1. The highest BCUT2D eigenvalue weighted by Crippen LogP contribution is 2.36. The first-order valence-corrected chi connectivity index (χ1v) is 4.73. The molecule has 1 aromatic rings. The van der Waals surface area contributed by atoms with Crippen molar-refractivity contribution in [2.24, 2.45) is 0 Å². The first-order valence-electron chi connectivity index (χ1n) is 4.35. The van der Waals surface area contributed by atoms with Gasteiger partial charge in [-0.1, -0.05) is 11.6 Å². The van der Waals surface area contributed by atoms with Gasteiger partial charge in [0.1, 0.15) is 0 Å². The zero-order valence-electron chi connectivity index (χ0n) is 7.96. The molecule has 0 aliphatic carbocycles. The molecular weight excluding hydrogens is 218 g/mol. The minimum atomic E-state index is -0.251. The predicted molar refractivity (Wildman–Crippen MR) is 55.6 cm³/mol. The number of fused-ring (bicyclic) bond motifs is 1. The third-order valence-electron chi connectivity index (χ3n) is 2.07. The standard InChI is InChI=1S/C10H8ClNO3/c1-5(13)6-2-7(11)10-8(3-6)12-9(14)4-15-10/h2-3H,4H2,1H3,(H,12,14). The highest BCUT2D eigenvalue weighted by atomic mass is 35.5. The maximum Gasteiger partial charge on any atom is 0.262 e. The fourth-order valence-corrected chi connectivity index (χ4v) is 1.63. The van der Waals surface area contributed by atoms with Crippen LogP contribution in [-0.2, 0) is 4.79 Å². The Morgan fingerprint density at radius 3 is 2.93 bits per heavy atom. The number of amides is 1. The first-order chi connectivity index (χ1) is 7.08. The lowest BCUT2D eigenvalue weighted by atomic mass is 10.1. The lowest BCUT2D eigenvalue weighted by molar-refractivity contribution is -0.118. The van der Waals surface area contributed by atoms with E-state index >= 15 is 0 Å². The Balaban J connectivity index is 2.53. The van der Waals surface area contributed by atoms with Crippen molar-refractivity contribution in [3.63, 3.8) is 0 Å². The normalized spacial score (nSPS) is 13.9. The fraction of sp³-hybridized carbons (Fsp3) is 0.200. The van der Waals surface area contributed by atoms with Crippen molar-refractivity contribution < 1.29 is 14.3 Å². The Morgan fingerprint density at radius 1 is 1.53 bits per heavy atom. The summed E-state index contributed by atoms with van der Waals surface area (Å²) in [6, 6.07) is 3.08. The Labute approximate surface area is 91.2 Å². The zero-order valence-corrected chi connectivity index (χ0v) is 8.72. The van der Waals surface area contributed by atoms with Gasteiger partial charge in [-0.2, -0.15) is 0 Å². The Morgan fingerprint density at radius 2 is 2.27 bits per heavy atom. The molecule has 0 bridgehead atoms. The summed E-state index contributed by atoms with van der Waals surface area (Å²) in [5, 5.41) is 2.93. The number of carbonyl (C=O) groups is 2. The molecule has 0 unspecified atom stereocenters. The highest BCUT2D eigenvalue weighted by molar-refractivity contribution is 6.33. The van der Waals surface area contributed by atoms with Crippen LogP contribution in [-0.4, -0.2) is 18.3 Å². The second-order valence-electron chi connectivity index (χ2n) is 3.23. The van der Waals surface area contributed by atoms with Gasteiger partial charge in [0.25, 0.3) is 5.91 Å². The third-order valence-corrected chi connectivity index (χ3v) is 2.35. The molecule has 2 rings (SSSR count). The number of halogens is 1. The van der Waals surface area contributed by atoms with Crippen LogP contribution in [0.4, 0.5) is 5.69 Å². The number of benzene rings is 1. The molecule has 1 amide bonds. The summed E-state index contributed by atoms with van der Waals surface area (Å²) in [6.07, 6.45) is 0. The number of nitrogens with one attached hydrogen (secondary N) is 1. The molecule has 15 heavy (non-hydrogen) atoms. The molecule has 0 spiro atoms. The first kappa shape index (κ1) is 9.98. The van der Waals surface area contributed by atoms with Crippen LogP contribution in [0, 0.1) is 0 Å². The van der Waals surface area contributed by atoms with Gasteiger partial charge in [-0.15, -0.1) is 0 Å². The Hall–Kier alpha value is -1.55. The summed E-state index contributed by atoms with van der Waals surface area (Å²) in [5.41, 5.74) is 0.897. The molecular formula is C10H8ClNO3. The van der Waals surface area contributed by atoms with E-state index in [4.69, 9.17) is 16.3 Å². The molecule has 78 valence electrons. The molecule has 0 saturated heterocycles. The zero-order chi connectivity index (χ0) is 11.0. The van der Waals surface area contributed by atoms with E-state index in [0.717, 1.165) is 0 Å². The van der Waals surface area contributed by atoms with Crippen molar-refractivity contribution in [3.05, 3.63) is 22.7 Å². The monoisotopic (exact) mass is 225 g/mol. The van der Waals surface area contributed by atoms with Gasteiger partial charge in [0.15, 0.2) is 18.1 Å². The summed E-state index contributed by atoms with van der Waals surface area (Å²) in [5.74, 6) is 0.0556. The molecule has 1 aliphatic rings. The minimum Gasteiger partial charge on any atom is -0.480 e. The van der Waals surface area contributed by atoms with E-state index in [2.05, 4.69) is 5.32 Å². The number of Topliss-reactive ketones (excluding diaryl/α,β-unsaturated/α-hetero) is 1. The number of hydrogen-bond acceptors (Lipinski definition) is 3. The molecule has 0 atom stereocenters. The van der Waals surface area contributed by atoms with E-state index in [-0.39, 0.29) is 18.3 Å². The van der Waals surface area contributed by atoms with Gasteiger partial charge >= 0.3 is 0 Å². The minimum absolute atomic E-state index is 0.0495. The number of ether oxygens (including phenoxy) is 1. The summed E-state index contributed by atoms with van der Waals surface area (Å²) in [6.45, 7) is 1.38. The number of hydrogen-bond donors (Lipinski definition) is 1. The van der Waals surface area contributed by atoms with Crippen molar-refractivity contribution in [2.75, 3.05) is 11.9 Å². The summed E-state index contributed by atoms with van der Waals surface area (Å²) in [4.78, 5) is 22.2. The maximum atomic E-state index is 11.2. The van der Waals surface area contributed by atoms with Crippen LogP contribution >= 0.6 is 11.6 Å². The molecule has 0 fully saturated rings. The molecule has 0 saturated carbocycles. The van der Waals surface area contributed by atoms with Crippen LogP contribution in [0.3, 0.4) is 0 Å². The van der Waals surface area contributed by atoms with Crippen LogP contribution in [0.2, 0.25) is 5.02 Å². The van der Waals surface area contributed by atoms with E-state index in [1.54, 1.807) is 6.07 Å². The molecule has 0 aromatic heterocycles. The quantitative estimate of drug-likeness (QED) is 0.743. The Bertz CT molecular complexity index is 456. The average molecular weight is 226 g/mol. The third kappa shape index (κ3) is 1.80. The van der Waals surface area contributed by atoms with Crippen molar-refractivity contribution in [2.45, 2.75) is 6.92 Å². The highest BCUT2D eigenvalue weighted by Gasteiger charge is 2.20.